The van der Waals surface area contributed by atoms with Crippen LogP contribution in [0.4, 0.5) is 13.2 Å². The highest BCUT2D eigenvalue weighted by atomic mass is 35.5. The smallest absolute Gasteiger partial charge is 0.295 e. The van der Waals surface area contributed by atoms with E-state index < -0.39 is 24.7 Å². The molecule has 8 heteroatoms. The molecule has 0 bridgehead atoms. The first-order valence-electron chi connectivity index (χ1n) is 7.83. The number of carbonyl (C=O) groups excluding carboxylic acids is 1. The second-order valence-corrected chi connectivity index (χ2v) is 6.34. The molecule has 1 aromatic carbocycles. The van der Waals surface area contributed by atoms with Crippen LogP contribution in [0.25, 0.3) is 5.65 Å². The molecular formula is C18H15ClF3N3O. The topological polar surface area (TPSA) is 37.6 Å². The molecule has 0 radical (unpaired) electrons. The number of pyridine rings is 1. The van der Waals surface area contributed by atoms with Crippen molar-refractivity contribution in [1.82, 2.24) is 14.3 Å². The summed E-state index contributed by atoms with van der Waals surface area (Å²) in [6, 6.07) is 11.0. The molecule has 3 rings (SSSR count). The fraction of sp³-hybridized carbons (Fsp3) is 0.222. The highest BCUT2D eigenvalue weighted by Crippen LogP contribution is 2.28. The van der Waals surface area contributed by atoms with E-state index in [9.17, 15) is 18.0 Å². The Morgan fingerprint density at radius 2 is 1.92 bits per heavy atom. The summed E-state index contributed by atoms with van der Waals surface area (Å²) in [5, 5.41) is 0.497. The van der Waals surface area contributed by atoms with Crippen LogP contribution in [-0.2, 0) is 0 Å². The lowest BCUT2D eigenvalue weighted by Crippen LogP contribution is -2.45. The fourth-order valence-electron chi connectivity index (χ4n) is 2.73. The number of imidazole rings is 1. The molecule has 4 nitrogen and oxygen atoms in total. The van der Waals surface area contributed by atoms with Crippen LogP contribution >= 0.6 is 11.6 Å². The molecule has 1 amide bonds. The van der Waals surface area contributed by atoms with Gasteiger partial charge in [-0.25, -0.2) is 9.88 Å². The molecule has 2 aromatic heterocycles. The number of rotatable bonds is 4. The lowest BCUT2D eigenvalue weighted by Gasteiger charge is -2.28. The van der Waals surface area contributed by atoms with Crippen molar-refractivity contribution in [3.8, 4) is 0 Å². The maximum atomic E-state index is 13.6. The van der Waals surface area contributed by atoms with Crippen molar-refractivity contribution in [2.45, 2.75) is 19.1 Å². The summed E-state index contributed by atoms with van der Waals surface area (Å²) < 4.78 is 42.1. The number of nitrogens with zero attached hydrogens (tertiary/aromatic N) is 3. The van der Waals surface area contributed by atoms with Crippen LogP contribution in [0.5, 0.6) is 0 Å². The Balaban J connectivity index is 1.92. The molecule has 0 N–H and O–H groups in total. The van der Waals surface area contributed by atoms with Crippen molar-refractivity contribution in [1.29, 1.82) is 0 Å². The van der Waals surface area contributed by atoms with Gasteiger partial charge in [-0.1, -0.05) is 36.7 Å². The maximum absolute atomic E-state index is 13.6. The average molecular weight is 382 g/mol. The van der Waals surface area contributed by atoms with Crippen LogP contribution in [0, 0.1) is 0 Å². The van der Waals surface area contributed by atoms with Gasteiger partial charge in [-0.05, 0) is 35.7 Å². The summed E-state index contributed by atoms with van der Waals surface area (Å²) >= 11 is 5.82. The molecule has 0 aliphatic rings. The quantitative estimate of drug-likeness (QED) is 0.611. The predicted molar refractivity (Wildman–Crippen MR) is 92.2 cm³/mol. The Hall–Kier alpha value is -2.54. The number of alkyl halides is 3. The molecule has 3 aromatic rings. The van der Waals surface area contributed by atoms with E-state index in [4.69, 9.17) is 11.6 Å². The number of carbonyl (C=O) groups is 1. The maximum Gasteiger partial charge on any atom is 0.487 e. The van der Waals surface area contributed by atoms with Crippen LogP contribution in [0.1, 0.15) is 28.9 Å². The highest BCUT2D eigenvalue weighted by Gasteiger charge is 2.42. The van der Waals surface area contributed by atoms with E-state index in [1.54, 1.807) is 37.3 Å². The molecule has 1 atom stereocenters. The Kier molecular flexibility index (Phi) is 4.91. The van der Waals surface area contributed by atoms with Crippen LogP contribution in [0.15, 0.2) is 54.9 Å². The summed E-state index contributed by atoms with van der Waals surface area (Å²) in [7, 11) is 0. The number of benzene rings is 1. The van der Waals surface area contributed by atoms with Gasteiger partial charge in [-0.3, -0.25) is 9.20 Å². The lowest BCUT2D eigenvalue weighted by molar-refractivity contribution is -0.225. The fourth-order valence-corrected chi connectivity index (χ4v) is 2.86. The monoisotopic (exact) mass is 381 g/mol. The molecule has 26 heavy (non-hydrogen) atoms. The molecule has 136 valence electrons. The third kappa shape index (κ3) is 3.67. The lowest BCUT2D eigenvalue weighted by atomic mass is 10.0. The van der Waals surface area contributed by atoms with Gasteiger partial charge < -0.3 is 0 Å². The van der Waals surface area contributed by atoms with E-state index >= 15 is 0 Å². The van der Waals surface area contributed by atoms with Gasteiger partial charge >= 0.3 is 6.30 Å². The van der Waals surface area contributed by atoms with Crippen molar-refractivity contribution < 1.29 is 18.0 Å². The Labute approximate surface area is 152 Å². The first kappa shape index (κ1) is 18.3. The van der Waals surface area contributed by atoms with Crippen LogP contribution in [0.2, 0.25) is 5.02 Å². The summed E-state index contributed by atoms with van der Waals surface area (Å²) in [4.78, 5) is 16.6. The van der Waals surface area contributed by atoms with Crippen molar-refractivity contribution in [3.05, 3.63) is 71.1 Å². The zero-order valence-electron chi connectivity index (χ0n) is 13.7. The molecule has 1 unspecified atom stereocenters. The molecule has 0 saturated heterocycles. The van der Waals surface area contributed by atoms with Gasteiger partial charge in [-0.15, -0.1) is 13.2 Å². The van der Waals surface area contributed by atoms with E-state index in [0.29, 0.717) is 16.2 Å². The molecular weight excluding hydrogens is 367 g/mol. The molecule has 0 spiro atoms. The third-order valence-electron chi connectivity index (χ3n) is 4.09. The number of aromatic nitrogens is 2. The van der Waals surface area contributed by atoms with Gasteiger partial charge in [0, 0.05) is 24.0 Å². The van der Waals surface area contributed by atoms with Gasteiger partial charge in [0.1, 0.15) is 11.3 Å². The number of halogens is 4. The molecule has 2 heterocycles. The first-order valence-corrected chi connectivity index (χ1v) is 8.21. The van der Waals surface area contributed by atoms with Crippen molar-refractivity contribution in [2.75, 3.05) is 6.54 Å². The molecule has 0 saturated carbocycles. The Morgan fingerprint density at radius 3 is 2.58 bits per heavy atom. The minimum atomic E-state index is -4.81. The minimum Gasteiger partial charge on any atom is -0.295 e. The van der Waals surface area contributed by atoms with Crippen LogP contribution in [-0.4, -0.2) is 33.0 Å². The zero-order chi connectivity index (χ0) is 18.9. The van der Waals surface area contributed by atoms with Crippen LogP contribution in [0.3, 0.4) is 0 Å². The van der Waals surface area contributed by atoms with E-state index in [0.717, 1.165) is 0 Å². The Bertz CT molecular complexity index is 921. The van der Waals surface area contributed by atoms with Crippen molar-refractivity contribution in [2.24, 2.45) is 0 Å². The van der Waals surface area contributed by atoms with Gasteiger partial charge in [0.15, 0.2) is 0 Å². The van der Waals surface area contributed by atoms with E-state index in [2.05, 4.69) is 4.98 Å². The third-order valence-corrected chi connectivity index (χ3v) is 4.35. The van der Waals surface area contributed by atoms with E-state index in [1.807, 2.05) is 0 Å². The minimum absolute atomic E-state index is 0.0684. The normalized spacial score (nSPS) is 13.0. The van der Waals surface area contributed by atoms with E-state index in [1.165, 1.54) is 28.9 Å². The van der Waals surface area contributed by atoms with Crippen molar-refractivity contribution >= 4 is 23.2 Å². The first-order chi connectivity index (χ1) is 12.3. The Morgan fingerprint density at radius 1 is 1.23 bits per heavy atom. The largest absolute Gasteiger partial charge is 0.487 e. The van der Waals surface area contributed by atoms with Gasteiger partial charge in [0.05, 0.1) is 0 Å². The molecule has 0 aliphatic heterocycles. The van der Waals surface area contributed by atoms with E-state index in [-0.39, 0.29) is 10.6 Å². The molecule has 0 fully saturated rings. The summed E-state index contributed by atoms with van der Waals surface area (Å²) in [6.07, 6.45) is -1.92. The van der Waals surface area contributed by atoms with Crippen LogP contribution < -0.4 is 0 Å². The highest BCUT2D eigenvalue weighted by molar-refractivity contribution is 6.30. The number of hydrogen-bond donors (Lipinski definition) is 0. The summed E-state index contributed by atoms with van der Waals surface area (Å²) in [5.41, 5.74) is 0.974. The standard InChI is InChI=1S/C18H15ClF3N3O/c1-12(13-5-7-14(19)8-6-13)11-25(18(20,21)22)17(26)15-3-2-4-16-23-9-10-24(15)16/h2-10,12H,11H2,1H3. The molecule has 0 aliphatic carbocycles. The van der Waals surface area contributed by atoms with Gasteiger partial charge in [0.2, 0.25) is 0 Å². The second kappa shape index (κ2) is 6.99. The van der Waals surface area contributed by atoms with Crippen molar-refractivity contribution in [3.63, 3.8) is 0 Å². The predicted octanol–water partition coefficient (Wildman–Crippen LogP) is 4.75. The second-order valence-electron chi connectivity index (χ2n) is 5.90. The number of fused-ring (bicyclic) bond motifs is 1. The summed E-state index contributed by atoms with van der Waals surface area (Å²) in [5.74, 6) is -1.65. The number of amides is 1. The van der Waals surface area contributed by atoms with Gasteiger partial charge in [-0.2, -0.15) is 0 Å². The number of hydrogen-bond acceptors (Lipinski definition) is 2. The zero-order valence-corrected chi connectivity index (χ0v) is 14.5. The van der Waals surface area contributed by atoms with Gasteiger partial charge in [0.25, 0.3) is 5.91 Å². The summed E-state index contributed by atoms with van der Waals surface area (Å²) in [6.45, 7) is 1.13. The average Bonchev–Trinajstić information content (AvgIpc) is 3.07. The SMILES string of the molecule is CC(CN(C(=O)c1cccc2nccn12)C(F)(F)F)c1ccc(Cl)cc1.